The summed E-state index contributed by atoms with van der Waals surface area (Å²) in [7, 11) is 0. The largest absolute Gasteiger partial charge is 0.371 e. The summed E-state index contributed by atoms with van der Waals surface area (Å²) in [6, 6.07) is 11.4. The molecule has 1 heterocycles. The number of hydrogen-bond acceptors (Lipinski definition) is 5. The van der Waals surface area contributed by atoms with Crippen molar-refractivity contribution in [2.45, 2.75) is 45.6 Å². The minimum atomic E-state index is -0.469. The first-order chi connectivity index (χ1) is 15.9. The monoisotopic (exact) mass is 450 g/mol. The van der Waals surface area contributed by atoms with Gasteiger partial charge in [-0.25, -0.2) is 0 Å². The fraction of sp³-hybridized carbons (Fsp3) is 0.360. The lowest BCUT2D eigenvalue weighted by atomic mass is 10.1. The first kappa shape index (κ1) is 24.0. The molecule has 3 rings (SSSR count). The maximum absolute atomic E-state index is 13.0. The Balaban J connectivity index is 1.76. The molecular formula is C25H30N4O4. The van der Waals surface area contributed by atoms with E-state index in [2.05, 4.69) is 15.5 Å². The number of non-ortho nitro benzene ring substituents is 1. The van der Waals surface area contributed by atoms with Crippen molar-refractivity contribution in [2.24, 2.45) is 0 Å². The van der Waals surface area contributed by atoms with E-state index in [9.17, 15) is 19.7 Å². The Kier molecular flexibility index (Phi) is 8.18. The molecule has 2 aromatic carbocycles. The minimum Gasteiger partial charge on any atom is -0.371 e. The number of carbonyl (C=O) groups excluding carboxylic acids is 2. The van der Waals surface area contributed by atoms with Crippen LogP contribution in [0.25, 0.3) is 6.08 Å². The quantitative estimate of drug-likeness (QED) is 0.343. The van der Waals surface area contributed by atoms with E-state index in [4.69, 9.17) is 0 Å². The number of nitrogens with one attached hydrogen (secondary N) is 2. The van der Waals surface area contributed by atoms with Crippen molar-refractivity contribution >= 4 is 35.0 Å². The number of anilines is 2. The molecule has 1 fully saturated rings. The molecule has 0 bridgehead atoms. The molecule has 0 spiro atoms. The van der Waals surface area contributed by atoms with E-state index in [1.54, 1.807) is 24.3 Å². The summed E-state index contributed by atoms with van der Waals surface area (Å²) in [5.74, 6) is -0.505. The van der Waals surface area contributed by atoms with Crippen molar-refractivity contribution in [3.63, 3.8) is 0 Å². The highest BCUT2D eigenvalue weighted by atomic mass is 16.6. The minimum absolute atomic E-state index is 0.00593. The molecule has 8 nitrogen and oxygen atoms in total. The molecule has 1 aliphatic rings. The van der Waals surface area contributed by atoms with E-state index in [0.717, 1.165) is 38.0 Å². The highest BCUT2D eigenvalue weighted by molar-refractivity contribution is 6.05. The Hall–Kier alpha value is -3.68. The molecule has 0 aromatic heterocycles. The number of nitro groups is 1. The van der Waals surface area contributed by atoms with Crippen molar-refractivity contribution in [2.75, 3.05) is 23.3 Å². The molecule has 1 aliphatic heterocycles. The zero-order valence-corrected chi connectivity index (χ0v) is 19.0. The third-order valence-corrected chi connectivity index (χ3v) is 5.73. The molecule has 1 saturated heterocycles. The summed E-state index contributed by atoms with van der Waals surface area (Å²) in [6.45, 7) is 5.80. The number of benzene rings is 2. The smallest absolute Gasteiger partial charge is 0.269 e. The van der Waals surface area contributed by atoms with Crippen LogP contribution in [0.3, 0.4) is 0 Å². The Morgan fingerprint density at radius 3 is 2.45 bits per heavy atom. The molecule has 0 radical (unpaired) electrons. The van der Waals surface area contributed by atoms with Gasteiger partial charge in [-0.2, -0.15) is 0 Å². The first-order valence-electron chi connectivity index (χ1n) is 11.3. The zero-order chi connectivity index (χ0) is 23.8. The molecule has 0 aliphatic carbocycles. The normalized spacial score (nSPS) is 14.7. The van der Waals surface area contributed by atoms with Gasteiger partial charge in [0.25, 0.3) is 11.6 Å². The molecule has 0 saturated carbocycles. The van der Waals surface area contributed by atoms with E-state index in [-0.39, 0.29) is 23.5 Å². The number of hydrogen-bond donors (Lipinski definition) is 2. The van der Waals surface area contributed by atoms with E-state index in [0.29, 0.717) is 16.8 Å². The van der Waals surface area contributed by atoms with Crippen LogP contribution in [0.5, 0.6) is 0 Å². The SMILES string of the molecule is CCC(C)NC(=O)c1cc(NC(=O)/C=C/c2ccc([N+](=O)[O-])cc2)ccc1N1CCCCC1. The maximum atomic E-state index is 13.0. The van der Waals surface area contributed by atoms with Crippen molar-refractivity contribution in [1.29, 1.82) is 0 Å². The summed E-state index contributed by atoms with van der Waals surface area (Å²) in [5.41, 5.74) is 2.63. The van der Waals surface area contributed by atoms with Gasteiger partial charge in [-0.05, 0) is 74.6 Å². The van der Waals surface area contributed by atoms with E-state index < -0.39 is 4.92 Å². The second-order valence-electron chi connectivity index (χ2n) is 8.23. The van der Waals surface area contributed by atoms with E-state index in [1.165, 1.54) is 24.6 Å². The first-order valence-corrected chi connectivity index (χ1v) is 11.3. The predicted octanol–water partition coefficient (Wildman–Crippen LogP) is 4.77. The number of carbonyl (C=O) groups is 2. The standard InChI is InChI=1S/C25H30N4O4/c1-3-18(2)26-25(31)22-17-20(10-13-23(22)28-15-5-4-6-16-28)27-24(30)14-9-19-7-11-21(12-8-19)29(32)33/h7-14,17-18H,3-6,15-16H2,1-2H3,(H,26,31)(H,27,30)/b14-9+. The lowest BCUT2D eigenvalue weighted by molar-refractivity contribution is -0.384. The second kappa shape index (κ2) is 11.3. The second-order valence-corrected chi connectivity index (χ2v) is 8.23. The molecule has 174 valence electrons. The highest BCUT2D eigenvalue weighted by Crippen LogP contribution is 2.27. The van der Waals surface area contributed by atoms with Gasteiger partial charge in [0.1, 0.15) is 0 Å². The molecule has 8 heteroatoms. The van der Waals surface area contributed by atoms with Crippen LogP contribution in [0.2, 0.25) is 0 Å². The Bertz CT molecular complexity index is 1030. The van der Waals surface area contributed by atoms with Crippen LogP contribution in [-0.4, -0.2) is 35.9 Å². The fourth-order valence-corrected chi connectivity index (χ4v) is 3.67. The topological polar surface area (TPSA) is 105 Å². The number of rotatable bonds is 8. The van der Waals surface area contributed by atoms with Crippen LogP contribution in [0.4, 0.5) is 17.1 Å². The third kappa shape index (κ3) is 6.65. The molecular weight excluding hydrogens is 420 g/mol. The summed E-state index contributed by atoms with van der Waals surface area (Å²) in [4.78, 5) is 37.9. The van der Waals surface area contributed by atoms with Crippen molar-refractivity contribution < 1.29 is 14.5 Å². The number of nitro benzene ring substituents is 1. The van der Waals surface area contributed by atoms with Gasteiger partial charge in [-0.15, -0.1) is 0 Å². The van der Waals surface area contributed by atoms with Crippen LogP contribution < -0.4 is 15.5 Å². The van der Waals surface area contributed by atoms with Crippen molar-refractivity contribution in [3.8, 4) is 0 Å². The summed E-state index contributed by atoms with van der Waals surface area (Å²) in [6.07, 6.45) is 7.15. The summed E-state index contributed by atoms with van der Waals surface area (Å²) < 4.78 is 0. The molecule has 2 aromatic rings. The average molecular weight is 451 g/mol. The van der Waals surface area contributed by atoms with Crippen LogP contribution >= 0.6 is 0 Å². The van der Waals surface area contributed by atoms with E-state index in [1.807, 2.05) is 26.0 Å². The van der Waals surface area contributed by atoms with Crippen molar-refractivity contribution in [1.82, 2.24) is 5.32 Å². The van der Waals surface area contributed by atoms with Gasteiger partial charge in [0.2, 0.25) is 5.91 Å². The number of nitrogens with zero attached hydrogens (tertiary/aromatic N) is 2. The van der Waals surface area contributed by atoms with Gasteiger partial charge < -0.3 is 15.5 Å². The Labute approximate surface area is 193 Å². The molecule has 1 atom stereocenters. The van der Waals surface area contributed by atoms with Gasteiger partial charge in [0, 0.05) is 48.7 Å². The zero-order valence-electron chi connectivity index (χ0n) is 19.0. The van der Waals surface area contributed by atoms with Gasteiger partial charge in [-0.1, -0.05) is 6.92 Å². The van der Waals surface area contributed by atoms with Gasteiger partial charge in [0.05, 0.1) is 10.5 Å². The van der Waals surface area contributed by atoms with Crippen LogP contribution in [0, 0.1) is 10.1 Å². The highest BCUT2D eigenvalue weighted by Gasteiger charge is 2.20. The van der Waals surface area contributed by atoms with Gasteiger partial charge >= 0.3 is 0 Å². The van der Waals surface area contributed by atoms with Crippen LogP contribution in [-0.2, 0) is 4.79 Å². The molecule has 2 amide bonds. The lowest BCUT2D eigenvalue weighted by Crippen LogP contribution is -2.35. The molecule has 33 heavy (non-hydrogen) atoms. The Morgan fingerprint density at radius 2 is 1.82 bits per heavy atom. The average Bonchev–Trinajstić information content (AvgIpc) is 2.83. The third-order valence-electron chi connectivity index (χ3n) is 5.73. The molecule has 1 unspecified atom stereocenters. The van der Waals surface area contributed by atoms with E-state index >= 15 is 0 Å². The Morgan fingerprint density at radius 1 is 1.12 bits per heavy atom. The predicted molar refractivity (Wildman–Crippen MR) is 130 cm³/mol. The van der Waals surface area contributed by atoms with Crippen molar-refractivity contribution in [3.05, 3.63) is 69.8 Å². The van der Waals surface area contributed by atoms with Gasteiger partial charge in [-0.3, -0.25) is 19.7 Å². The summed E-state index contributed by atoms with van der Waals surface area (Å²) in [5, 5.41) is 16.6. The van der Waals surface area contributed by atoms with Crippen LogP contribution in [0.15, 0.2) is 48.5 Å². The lowest BCUT2D eigenvalue weighted by Gasteiger charge is -2.30. The summed E-state index contributed by atoms with van der Waals surface area (Å²) >= 11 is 0. The fourth-order valence-electron chi connectivity index (χ4n) is 3.67. The molecule has 2 N–H and O–H groups in total. The van der Waals surface area contributed by atoms with Gasteiger partial charge in [0.15, 0.2) is 0 Å². The maximum Gasteiger partial charge on any atom is 0.269 e. The number of amides is 2. The number of piperidine rings is 1. The van der Waals surface area contributed by atoms with Crippen LogP contribution in [0.1, 0.15) is 55.5 Å².